The summed E-state index contributed by atoms with van der Waals surface area (Å²) in [6, 6.07) is 0. The van der Waals surface area contributed by atoms with Crippen LogP contribution < -0.4 is 0 Å². The summed E-state index contributed by atoms with van der Waals surface area (Å²) in [5.74, 6) is 2.08. The molecule has 9 heavy (non-hydrogen) atoms. The molecule has 0 spiro atoms. The van der Waals surface area contributed by atoms with E-state index in [0.717, 1.165) is 18.1 Å². The summed E-state index contributed by atoms with van der Waals surface area (Å²) in [5.41, 5.74) is 0. The van der Waals surface area contributed by atoms with Gasteiger partial charge >= 0.3 is 0 Å². The molecule has 50 valence electrons. The largest absolute Gasteiger partial charge is 0.497 e. The minimum Gasteiger partial charge on any atom is -0.497 e. The Hall–Kier alpha value is -0.370. The summed E-state index contributed by atoms with van der Waals surface area (Å²) in [6.45, 7) is 2.78. The maximum atomic E-state index is 5.27. The summed E-state index contributed by atoms with van der Waals surface area (Å²) in [4.78, 5) is 0. The van der Waals surface area contributed by atoms with E-state index in [4.69, 9.17) is 4.74 Å². The highest BCUT2D eigenvalue weighted by Crippen LogP contribution is 2.15. The molecule has 0 aromatic carbocycles. The van der Waals surface area contributed by atoms with Gasteiger partial charge in [0.05, 0.1) is 12.4 Å². The summed E-state index contributed by atoms with van der Waals surface area (Å²) in [5, 5.41) is 2.07. The Balaban J connectivity index is 2.38. The van der Waals surface area contributed by atoms with Crippen molar-refractivity contribution in [3.63, 3.8) is 0 Å². The highest BCUT2D eigenvalue weighted by atomic mass is 32.2. The van der Waals surface area contributed by atoms with Crippen molar-refractivity contribution in [2.75, 3.05) is 12.4 Å². The molecular formula is C7H10OS. The topological polar surface area (TPSA) is 9.23 Å². The van der Waals surface area contributed by atoms with Crippen LogP contribution in [0, 0.1) is 0 Å². The Morgan fingerprint density at radius 2 is 2.67 bits per heavy atom. The molecular weight excluding hydrogens is 132 g/mol. The fraction of sp³-hybridized carbons (Fsp3) is 0.429. The molecule has 1 nitrogen and oxygen atoms in total. The molecule has 0 radical (unpaired) electrons. The first-order valence-corrected chi connectivity index (χ1v) is 4.08. The molecule has 1 aliphatic rings. The number of hydrogen-bond donors (Lipinski definition) is 0. The van der Waals surface area contributed by atoms with Crippen LogP contribution in [0.3, 0.4) is 0 Å². The zero-order valence-corrected chi connectivity index (χ0v) is 6.28. The maximum absolute atomic E-state index is 5.27. The summed E-state index contributed by atoms with van der Waals surface area (Å²) in [7, 11) is 0. The molecule has 0 aliphatic carbocycles. The van der Waals surface area contributed by atoms with Gasteiger partial charge in [0.2, 0.25) is 0 Å². The van der Waals surface area contributed by atoms with E-state index in [1.54, 1.807) is 11.8 Å². The van der Waals surface area contributed by atoms with E-state index >= 15 is 0 Å². The Kier molecular flexibility index (Phi) is 2.71. The zero-order chi connectivity index (χ0) is 6.53. The second kappa shape index (κ2) is 3.62. The quantitative estimate of drug-likeness (QED) is 0.584. The van der Waals surface area contributed by atoms with Crippen LogP contribution in [0.1, 0.15) is 6.92 Å². The molecule has 0 bridgehead atoms. The van der Waals surface area contributed by atoms with Crippen molar-refractivity contribution in [2.24, 2.45) is 0 Å². The lowest BCUT2D eigenvalue weighted by atomic mass is 10.4. The van der Waals surface area contributed by atoms with Gasteiger partial charge in [-0.05, 0) is 18.4 Å². The first-order valence-electron chi connectivity index (χ1n) is 3.03. The van der Waals surface area contributed by atoms with Crippen molar-refractivity contribution in [1.29, 1.82) is 0 Å². The lowest BCUT2D eigenvalue weighted by molar-refractivity contribution is 0.233. The average Bonchev–Trinajstić information content (AvgIpc) is 1.91. The van der Waals surface area contributed by atoms with Crippen LogP contribution in [-0.4, -0.2) is 12.4 Å². The first-order chi connectivity index (χ1) is 4.43. The molecule has 0 fully saturated rings. The highest BCUT2D eigenvalue weighted by molar-refractivity contribution is 8.02. The van der Waals surface area contributed by atoms with Gasteiger partial charge in [0.25, 0.3) is 0 Å². The Morgan fingerprint density at radius 3 is 3.22 bits per heavy atom. The standard InChI is InChI=1S/C7H10OS/c1-2-8-7-4-3-5-9-6-7/h3-5H,2,6H2,1H3. The van der Waals surface area contributed by atoms with Crippen molar-refractivity contribution in [1.82, 2.24) is 0 Å². The van der Waals surface area contributed by atoms with Crippen LogP contribution in [0.5, 0.6) is 0 Å². The van der Waals surface area contributed by atoms with Crippen molar-refractivity contribution >= 4 is 11.8 Å². The predicted molar refractivity (Wildman–Crippen MR) is 41.3 cm³/mol. The minimum atomic E-state index is 0.778. The molecule has 0 N–H and O–H groups in total. The van der Waals surface area contributed by atoms with Gasteiger partial charge in [-0.3, -0.25) is 0 Å². The first kappa shape index (κ1) is 6.75. The normalized spacial score (nSPS) is 17.2. The number of allylic oxidation sites excluding steroid dienone is 2. The van der Waals surface area contributed by atoms with E-state index in [0.29, 0.717) is 0 Å². The second-order valence-electron chi connectivity index (χ2n) is 1.71. The van der Waals surface area contributed by atoms with E-state index < -0.39 is 0 Å². The van der Waals surface area contributed by atoms with E-state index in [-0.39, 0.29) is 0 Å². The van der Waals surface area contributed by atoms with E-state index in [2.05, 4.69) is 5.41 Å². The van der Waals surface area contributed by atoms with Crippen LogP contribution in [0.25, 0.3) is 0 Å². The van der Waals surface area contributed by atoms with Crippen molar-refractivity contribution in [3.05, 3.63) is 23.3 Å². The van der Waals surface area contributed by atoms with Crippen molar-refractivity contribution < 1.29 is 4.74 Å². The molecule has 0 aromatic rings. The van der Waals surface area contributed by atoms with Crippen LogP contribution >= 0.6 is 11.8 Å². The molecule has 0 aromatic heterocycles. The van der Waals surface area contributed by atoms with Gasteiger partial charge in [-0.1, -0.05) is 6.08 Å². The Bertz CT molecular complexity index is 138. The fourth-order valence-electron chi connectivity index (χ4n) is 0.656. The van der Waals surface area contributed by atoms with Gasteiger partial charge in [-0.25, -0.2) is 0 Å². The van der Waals surface area contributed by atoms with E-state index in [1.807, 2.05) is 19.1 Å². The molecule has 1 aliphatic heterocycles. The summed E-state index contributed by atoms with van der Waals surface area (Å²) in [6.07, 6.45) is 4.03. The van der Waals surface area contributed by atoms with E-state index in [1.165, 1.54) is 0 Å². The van der Waals surface area contributed by atoms with Gasteiger partial charge < -0.3 is 4.74 Å². The number of rotatable bonds is 2. The third-order valence-electron chi connectivity index (χ3n) is 1.01. The van der Waals surface area contributed by atoms with Crippen LogP contribution in [-0.2, 0) is 4.74 Å². The van der Waals surface area contributed by atoms with Crippen LogP contribution in [0.15, 0.2) is 23.3 Å². The van der Waals surface area contributed by atoms with Gasteiger partial charge in [0.1, 0.15) is 5.76 Å². The van der Waals surface area contributed by atoms with Crippen molar-refractivity contribution in [3.8, 4) is 0 Å². The van der Waals surface area contributed by atoms with Gasteiger partial charge in [-0.15, -0.1) is 11.8 Å². The Morgan fingerprint density at radius 1 is 1.78 bits per heavy atom. The molecule has 2 heteroatoms. The molecule has 0 saturated carbocycles. The summed E-state index contributed by atoms with van der Waals surface area (Å²) < 4.78 is 5.27. The smallest absolute Gasteiger partial charge is 0.106 e. The number of thioether (sulfide) groups is 1. The maximum Gasteiger partial charge on any atom is 0.106 e. The third-order valence-corrected chi connectivity index (χ3v) is 1.81. The fourth-order valence-corrected chi connectivity index (χ4v) is 1.29. The lowest BCUT2D eigenvalue weighted by Crippen LogP contribution is -1.95. The average molecular weight is 142 g/mol. The predicted octanol–water partition coefficient (Wildman–Crippen LogP) is 2.17. The monoisotopic (exact) mass is 142 g/mol. The summed E-state index contributed by atoms with van der Waals surface area (Å²) >= 11 is 1.77. The second-order valence-corrected chi connectivity index (χ2v) is 2.60. The highest BCUT2D eigenvalue weighted by Gasteiger charge is 1.97. The zero-order valence-electron chi connectivity index (χ0n) is 5.46. The van der Waals surface area contributed by atoms with Gasteiger partial charge in [-0.2, -0.15) is 0 Å². The third kappa shape index (κ3) is 2.14. The molecule has 0 unspecified atom stereocenters. The molecule has 1 rings (SSSR count). The van der Waals surface area contributed by atoms with Gasteiger partial charge in [0.15, 0.2) is 0 Å². The van der Waals surface area contributed by atoms with Crippen molar-refractivity contribution in [2.45, 2.75) is 6.92 Å². The molecule has 0 amide bonds. The Labute approximate surface area is 59.8 Å². The molecule has 0 atom stereocenters. The van der Waals surface area contributed by atoms with Gasteiger partial charge in [0, 0.05) is 0 Å². The SMILES string of the molecule is CCOC1=CC=CSC1. The van der Waals surface area contributed by atoms with Crippen LogP contribution in [0.4, 0.5) is 0 Å². The molecule has 0 saturated heterocycles. The minimum absolute atomic E-state index is 0.778. The van der Waals surface area contributed by atoms with Crippen LogP contribution in [0.2, 0.25) is 0 Å². The van der Waals surface area contributed by atoms with E-state index in [9.17, 15) is 0 Å². The lowest BCUT2D eigenvalue weighted by Gasteiger charge is -2.07. The number of ether oxygens (including phenoxy) is 1. The number of hydrogen-bond acceptors (Lipinski definition) is 2. The molecule has 1 heterocycles.